The van der Waals surface area contributed by atoms with Crippen molar-refractivity contribution in [3.8, 4) is 0 Å². The molecule has 2 aliphatic heterocycles. The van der Waals surface area contributed by atoms with E-state index in [1.807, 2.05) is 21.8 Å². The van der Waals surface area contributed by atoms with Crippen LogP contribution >= 0.6 is 0 Å². The van der Waals surface area contributed by atoms with E-state index in [0.29, 0.717) is 19.7 Å². The van der Waals surface area contributed by atoms with Gasteiger partial charge in [0, 0.05) is 56.5 Å². The Bertz CT molecular complexity index is 627. The van der Waals surface area contributed by atoms with Gasteiger partial charge >= 0.3 is 0 Å². The van der Waals surface area contributed by atoms with E-state index in [9.17, 15) is 9.59 Å². The first-order chi connectivity index (χ1) is 12.7. The Morgan fingerprint density at radius 3 is 2.65 bits per heavy atom. The van der Waals surface area contributed by atoms with Crippen LogP contribution in [0, 0.1) is 11.3 Å². The molecule has 26 heavy (non-hydrogen) atoms. The van der Waals surface area contributed by atoms with E-state index in [-0.39, 0.29) is 29.3 Å². The van der Waals surface area contributed by atoms with Crippen LogP contribution in [-0.2, 0) is 20.9 Å². The SMILES string of the molecule is O=C(NCC1(Cn2cccn2)CC1)C1CCN(C(=O)[C@@H]2CCCO2)CC1. The molecule has 2 saturated heterocycles. The van der Waals surface area contributed by atoms with Crippen molar-refractivity contribution < 1.29 is 14.3 Å². The lowest BCUT2D eigenvalue weighted by Gasteiger charge is -2.33. The Hall–Kier alpha value is -1.89. The summed E-state index contributed by atoms with van der Waals surface area (Å²) in [4.78, 5) is 26.8. The second-order valence-corrected chi connectivity index (χ2v) is 8.02. The molecule has 1 atom stereocenters. The van der Waals surface area contributed by atoms with Crippen molar-refractivity contribution in [3.05, 3.63) is 18.5 Å². The van der Waals surface area contributed by atoms with Gasteiger partial charge in [0.05, 0.1) is 0 Å². The summed E-state index contributed by atoms with van der Waals surface area (Å²) in [6.45, 7) is 3.61. The van der Waals surface area contributed by atoms with E-state index >= 15 is 0 Å². The molecule has 2 amide bonds. The highest BCUT2D eigenvalue weighted by molar-refractivity contribution is 5.82. The topological polar surface area (TPSA) is 76.5 Å². The number of piperidine rings is 1. The fourth-order valence-corrected chi connectivity index (χ4v) is 4.06. The van der Waals surface area contributed by atoms with Gasteiger partial charge in [-0.2, -0.15) is 5.10 Å². The number of hydrogen-bond acceptors (Lipinski definition) is 4. The number of nitrogens with zero attached hydrogens (tertiary/aromatic N) is 3. The summed E-state index contributed by atoms with van der Waals surface area (Å²) in [7, 11) is 0. The highest BCUT2D eigenvalue weighted by Gasteiger charge is 2.43. The zero-order valence-electron chi connectivity index (χ0n) is 15.2. The summed E-state index contributed by atoms with van der Waals surface area (Å²) in [6.07, 6.45) is 9.09. The molecule has 1 N–H and O–H groups in total. The van der Waals surface area contributed by atoms with E-state index in [2.05, 4.69) is 10.4 Å². The minimum atomic E-state index is -0.252. The molecule has 142 valence electrons. The monoisotopic (exact) mass is 360 g/mol. The Morgan fingerprint density at radius 1 is 1.23 bits per heavy atom. The van der Waals surface area contributed by atoms with Crippen molar-refractivity contribution in [2.75, 3.05) is 26.2 Å². The van der Waals surface area contributed by atoms with Crippen molar-refractivity contribution in [3.63, 3.8) is 0 Å². The highest BCUT2D eigenvalue weighted by atomic mass is 16.5. The van der Waals surface area contributed by atoms with Gasteiger partial charge in [-0.05, 0) is 44.6 Å². The molecule has 7 nitrogen and oxygen atoms in total. The number of aromatic nitrogens is 2. The van der Waals surface area contributed by atoms with Crippen LogP contribution in [-0.4, -0.2) is 58.8 Å². The second kappa shape index (κ2) is 7.39. The van der Waals surface area contributed by atoms with E-state index in [1.165, 1.54) is 0 Å². The maximum Gasteiger partial charge on any atom is 0.251 e. The molecule has 4 rings (SSSR count). The smallest absolute Gasteiger partial charge is 0.251 e. The normalized spacial score (nSPS) is 25.2. The number of likely N-dealkylation sites (tertiary alicyclic amines) is 1. The van der Waals surface area contributed by atoms with Crippen LogP contribution in [0.2, 0.25) is 0 Å². The van der Waals surface area contributed by atoms with Gasteiger partial charge < -0.3 is 15.0 Å². The predicted octanol–water partition coefficient (Wildman–Crippen LogP) is 1.20. The molecular formula is C19H28N4O3. The molecule has 3 heterocycles. The molecule has 1 saturated carbocycles. The Labute approximate surface area is 154 Å². The Balaban J connectivity index is 1.21. The van der Waals surface area contributed by atoms with E-state index in [4.69, 9.17) is 4.74 Å². The van der Waals surface area contributed by atoms with E-state index in [1.54, 1.807) is 6.20 Å². The second-order valence-electron chi connectivity index (χ2n) is 8.02. The molecule has 0 unspecified atom stereocenters. The van der Waals surface area contributed by atoms with Crippen LogP contribution in [0.25, 0.3) is 0 Å². The summed E-state index contributed by atoms with van der Waals surface area (Å²) < 4.78 is 7.44. The first kappa shape index (κ1) is 17.5. The van der Waals surface area contributed by atoms with Gasteiger partial charge in [-0.1, -0.05) is 0 Å². The molecule has 1 aromatic heterocycles. The first-order valence-electron chi connectivity index (χ1n) is 9.81. The first-order valence-corrected chi connectivity index (χ1v) is 9.81. The standard InChI is InChI=1S/C19H28N4O3/c24-17(20-13-19(6-7-19)14-23-9-2-8-21-23)15-4-10-22(11-5-15)18(25)16-3-1-12-26-16/h2,8-9,15-16H,1,3-7,10-14H2,(H,20,24)/t16-/m0/s1. The van der Waals surface area contributed by atoms with Gasteiger partial charge in [0.15, 0.2) is 0 Å². The third-order valence-electron chi connectivity index (χ3n) is 6.03. The van der Waals surface area contributed by atoms with Crippen LogP contribution in [0.5, 0.6) is 0 Å². The minimum absolute atomic E-state index is 0.0176. The maximum atomic E-state index is 12.5. The number of ether oxygens (including phenoxy) is 1. The molecule has 0 spiro atoms. The fraction of sp³-hybridized carbons (Fsp3) is 0.737. The summed E-state index contributed by atoms with van der Waals surface area (Å²) >= 11 is 0. The minimum Gasteiger partial charge on any atom is -0.368 e. The molecular weight excluding hydrogens is 332 g/mol. The van der Waals surface area contributed by atoms with Crippen molar-refractivity contribution in [1.82, 2.24) is 20.0 Å². The van der Waals surface area contributed by atoms with Gasteiger partial charge in [-0.25, -0.2) is 0 Å². The van der Waals surface area contributed by atoms with Gasteiger partial charge in [0.25, 0.3) is 5.91 Å². The number of carbonyl (C=O) groups is 2. The summed E-state index contributed by atoms with van der Waals surface area (Å²) in [6, 6.07) is 1.93. The fourth-order valence-electron chi connectivity index (χ4n) is 4.06. The molecule has 0 radical (unpaired) electrons. The summed E-state index contributed by atoms with van der Waals surface area (Å²) in [5.41, 5.74) is 0.179. The summed E-state index contributed by atoms with van der Waals surface area (Å²) in [5, 5.41) is 7.43. The zero-order valence-corrected chi connectivity index (χ0v) is 15.2. The third kappa shape index (κ3) is 3.92. The lowest BCUT2D eigenvalue weighted by Crippen LogP contribution is -2.47. The molecule has 0 aromatic carbocycles. The molecule has 3 fully saturated rings. The number of carbonyl (C=O) groups excluding carboxylic acids is 2. The molecule has 0 bridgehead atoms. The number of nitrogens with one attached hydrogen (secondary N) is 1. The Morgan fingerprint density at radius 2 is 2.04 bits per heavy atom. The van der Waals surface area contributed by atoms with Crippen LogP contribution in [0.4, 0.5) is 0 Å². The zero-order chi connectivity index (χ0) is 18.0. The van der Waals surface area contributed by atoms with Gasteiger partial charge in [-0.3, -0.25) is 14.3 Å². The highest BCUT2D eigenvalue weighted by Crippen LogP contribution is 2.46. The average Bonchev–Trinajstić information content (AvgIpc) is 3.08. The molecule has 1 aliphatic carbocycles. The lowest BCUT2D eigenvalue weighted by molar-refractivity contribution is -0.143. The van der Waals surface area contributed by atoms with Crippen molar-refractivity contribution in [1.29, 1.82) is 0 Å². The quantitative estimate of drug-likeness (QED) is 0.827. The van der Waals surface area contributed by atoms with Gasteiger partial charge in [-0.15, -0.1) is 0 Å². The van der Waals surface area contributed by atoms with Crippen LogP contribution in [0.1, 0.15) is 38.5 Å². The largest absolute Gasteiger partial charge is 0.368 e. The maximum absolute atomic E-state index is 12.5. The number of amides is 2. The van der Waals surface area contributed by atoms with Crippen LogP contribution in [0.15, 0.2) is 18.5 Å². The van der Waals surface area contributed by atoms with Crippen LogP contribution in [0.3, 0.4) is 0 Å². The number of rotatable bonds is 6. The van der Waals surface area contributed by atoms with E-state index < -0.39 is 0 Å². The van der Waals surface area contributed by atoms with Crippen molar-refractivity contribution in [2.24, 2.45) is 11.3 Å². The number of hydrogen-bond donors (Lipinski definition) is 1. The Kier molecular flexibility index (Phi) is 4.98. The van der Waals surface area contributed by atoms with E-state index in [0.717, 1.165) is 51.6 Å². The van der Waals surface area contributed by atoms with Crippen molar-refractivity contribution in [2.45, 2.75) is 51.2 Å². The predicted molar refractivity (Wildman–Crippen MR) is 95.2 cm³/mol. The lowest BCUT2D eigenvalue weighted by atomic mass is 9.95. The summed E-state index contributed by atoms with van der Waals surface area (Å²) in [5.74, 6) is 0.266. The average molecular weight is 360 g/mol. The molecule has 7 heteroatoms. The van der Waals surface area contributed by atoms with Crippen molar-refractivity contribution >= 4 is 11.8 Å². The third-order valence-corrected chi connectivity index (χ3v) is 6.03. The van der Waals surface area contributed by atoms with Gasteiger partial charge in [0.2, 0.25) is 5.91 Å². The molecule has 1 aromatic rings. The van der Waals surface area contributed by atoms with Gasteiger partial charge in [0.1, 0.15) is 6.10 Å². The van der Waals surface area contributed by atoms with Crippen LogP contribution < -0.4 is 5.32 Å². The molecule has 3 aliphatic rings.